The molecule has 5 heteroatoms. The van der Waals surface area contributed by atoms with Crippen LogP contribution in [0.1, 0.15) is 5.56 Å². The Hall–Kier alpha value is -2.04. The summed E-state index contributed by atoms with van der Waals surface area (Å²) >= 11 is 5.94. The summed E-state index contributed by atoms with van der Waals surface area (Å²) in [6.45, 7) is 3.63. The molecule has 2 atom stereocenters. The molecule has 0 radical (unpaired) electrons. The van der Waals surface area contributed by atoms with Crippen molar-refractivity contribution in [2.75, 3.05) is 25.0 Å². The molecule has 0 bridgehead atoms. The number of nitrogens with zero attached hydrogens (tertiary/aromatic N) is 2. The van der Waals surface area contributed by atoms with Crippen molar-refractivity contribution in [2.24, 2.45) is 5.92 Å². The summed E-state index contributed by atoms with van der Waals surface area (Å²) in [6.07, 6.45) is 0. The summed E-state index contributed by atoms with van der Waals surface area (Å²) in [6, 6.07) is 18.1. The van der Waals surface area contributed by atoms with E-state index in [1.807, 2.05) is 47.4 Å². The zero-order valence-electron chi connectivity index (χ0n) is 13.4. The van der Waals surface area contributed by atoms with Crippen LogP contribution in [-0.2, 0) is 6.54 Å². The third-order valence-corrected chi connectivity index (χ3v) is 5.21. The number of amides is 2. The molecule has 0 spiro atoms. The van der Waals surface area contributed by atoms with Crippen molar-refractivity contribution in [3.8, 4) is 0 Å². The van der Waals surface area contributed by atoms with Crippen LogP contribution in [0.3, 0.4) is 0 Å². The molecule has 124 valence electrons. The van der Waals surface area contributed by atoms with Gasteiger partial charge in [0.2, 0.25) is 0 Å². The third-order valence-electron chi connectivity index (χ3n) is 4.96. The van der Waals surface area contributed by atoms with Crippen molar-refractivity contribution < 1.29 is 4.79 Å². The maximum absolute atomic E-state index is 12.4. The van der Waals surface area contributed by atoms with E-state index in [9.17, 15) is 4.79 Å². The number of para-hydroxylation sites is 1. The maximum atomic E-state index is 12.4. The van der Waals surface area contributed by atoms with E-state index in [4.69, 9.17) is 11.6 Å². The molecule has 2 aromatic carbocycles. The average molecular weight is 342 g/mol. The van der Waals surface area contributed by atoms with Gasteiger partial charge in [0.25, 0.3) is 0 Å². The Morgan fingerprint density at radius 1 is 1.04 bits per heavy atom. The van der Waals surface area contributed by atoms with E-state index in [-0.39, 0.29) is 6.03 Å². The third kappa shape index (κ3) is 3.12. The van der Waals surface area contributed by atoms with Crippen LogP contribution in [0.15, 0.2) is 54.6 Å². The van der Waals surface area contributed by atoms with Gasteiger partial charge in [-0.05, 0) is 29.8 Å². The van der Waals surface area contributed by atoms with Gasteiger partial charge in [-0.15, -0.1) is 0 Å². The Morgan fingerprint density at radius 2 is 1.79 bits per heavy atom. The van der Waals surface area contributed by atoms with Gasteiger partial charge in [-0.25, -0.2) is 4.79 Å². The van der Waals surface area contributed by atoms with Crippen molar-refractivity contribution >= 4 is 23.3 Å². The Kier molecular flexibility index (Phi) is 4.17. The van der Waals surface area contributed by atoms with E-state index < -0.39 is 0 Å². The van der Waals surface area contributed by atoms with E-state index in [1.54, 1.807) is 0 Å². The van der Waals surface area contributed by atoms with Gasteiger partial charge in [0.05, 0.1) is 0 Å². The minimum Gasteiger partial charge on any atom is -0.323 e. The molecule has 0 aliphatic carbocycles. The first kappa shape index (κ1) is 15.5. The van der Waals surface area contributed by atoms with Crippen LogP contribution in [0.25, 0.3) is 0 Å². The van der Waals surface area contributed by atoms with Gasteiger partial charge in [-0.2, -0.15) is 0 Å². The predicted octanol–water partition coefficient (Wildman–Crippen LogP) is 3.69. The van der Waals surface area contributed by atoms with Gasteiger partial charge >= 0.3 is 6.03 Å². The second kappa shape index (κ2) is 6.46. The molecule has 2 unspecified atom stereocenters. The molecule has 24 heavy (non-hydrogen) atoms. The monoisotopic (exact) mass is 341 g/mol. The van der Waals surface area contributed by atoms with Crippen molar-refractivity contribution in [1.29, 1.82) is 0 Å². The number of urea groups is 1. The number of rotatable bonds is 3. The minimum atomic E-state index is 0.00189. The van der Waals surface area contributed by atoms with Crippen LogP contribution in [-0.4, -0.2) is 41.5 Å². The highest BCUT2D eigenvalue weighted by atomic mass is 35.5. The molecule has 4 nitrogen and oxygen atoms in total. The Labute approximate surface area is 147 Å². The first-order valence-corrected chi connectivity index (χ1v) is 8.66. The molecule has 2 saturated heterocycles. The fourth-order valence-electron chi connectivity index (χ4n) is 3.64. The summed E-state index contributed by atoms with van der Waals surface area (Å²) in [5.74, 6) is 0.596. The summed E-state index contributed by atoms with van der Waals surface area (Å²) in [5, 5.41) is 3.75. The Morgan fingerprint density at radius 3 is 2.54 bits per heavy atom. The van der Waals surface area contributed by atoms with Crippen LogP contribution >= 0.6 is 11.6 Å². The van der Waals surface area contributed by atoms with E-state index in [1.165, 1.54) is 5.56 Å². The summed E-state index contributed by atoms with van der Waals surface area (Å²) in [4.78, 5) is 16.8. The zero-order valence-corrected chi connectivity index (χ0v) is 14.1. The second-order valence-electron chi connectivity index (χ2n) is 6.58. The Bertz CT molecular complexity index is 719. The number of carbonyl (C=O) groups excluding carboxylic acids is 1. The number of anilines is 1. The molecule has 2 aromatic rings. The van der Waals surface area contributed by atoms with Crippen molar-refractivity contribution in [3.63, 3.8) is 0 Å². The van der Waals surface area contributed by atoms with Crippen molar-refractivity contribution in [1.82, 2.24) is 9.80 Å². The quantitative estimate of drug-likeness (QED) is 0.924. The molecule has 2 fully saturated rings. The van der Waals surface area contributed by atoms with Crippen LogP contribution in [0.4, 0.5) is 10.5 Å². The van der Waals surface area contributed by atoms with Gasteiger partial charge in [-0.3, -0.25) is 4.90 Å². The highest BCUT2D eigenvalue weighted by molar-refractivity contribution is 6.30. The lowest BCUT2D eigenvalue weighted by Gasteiger charge is -2.43. The van der Waals surface area contributed by atoms with E-state index in [2.05, 4.69) is 22.3 Å². The summed E-state index contributed by atoms with van der Waals surface area (Å²) in [7, 11) is 0. The second-order valence-corrected chi connectivity index (χ2v) is 7.02. The number of carbonyl (C=O) groups is 1. The molecule has 4 rings (SSSR count). The van der Waals surface area contributed by atoms with Crippen LogP contribution in [0.2, 0.25) is 5.02 Å². The van der Waals surface area contributed by atoms with Gasteiger partial charge in [0.15, 0.2) is 0 Å². The molecule has 2 amide bonds. The fraction of sp³-hybridized carbons (Fsp3) is 0.316. The highest BCUT2D eigenvalue weighted by Crippen LogP contribution is 2.33. The largest absolute Gasteiger partial charge is 0.323 e. The van der Waals surface area contributed by atoms with Crippen LogP contribution in [0.5, 0.6) is 0 Å². The molecular formula is C19H20ClN3O. The normalized spacial score (nSPS) is 22.8. The van der Waals surface area contributed by atoms with E-state index in [0.717, 1.165) is 36.9 Å². The average Bonchev–Trinajstić information content (AvgIpc) is 2.93. The molecule has 2 aliphatic rings. The lowest BCUT2D eigenvalue weighted by Crippen LogP contribution is -2.54. The fourth-order valence-corrected chi connectivity index (χ4v) is 3.77. The van der Waals surface area contributed by atoms with Gasteiger partial charge in [-0.1, -0.05) is 41.9 Å². The number of hydrogen-bond acceptors (Lipinski definition) is 2. The molecule has 0 aromatic heterocycles. The maximum Gasteiger partial charge on any atom is 0.321 e. The molecule has 2 aliphatic heterocycles. The van der Waals surface area contributed by atoms with Crippen LogP contribution in [0, 0.1) is 5.92 Å². The SMILES string of the molecule is O=C(Nc1ccccc1)N1CC2CN(Cc3ccc(Cl)cc3)C2C1. The predicted molar refractivity (Wildman–Crippen MR) is 96.2 cm³/mol. The summed E-state index contributed by atoms with van der Waals surface area (Å²) in [5.41, 5.74) is 2.12. The lowest BCUT2D eigenvalue weighted by atomic mass is 9.91. The molecule has 2 heterocycles. The standard InChI is InChI=1S/C19H20ClN3O/c20-16-8-6-14(7-9-16)10-22-11-15-12-23(13-18(15)22)19(24)21-17-4-2-1-3-5-17/h1-9,15,18H,10-13H2,(H,21,24). The number of fused-ring (bicyclic) bond motifs is 1. The first-order chi connectivity index (χ1) is 11.7. The molecular weight excluding hydrogens is 322 g/mol. The lowest BCUT2D eigenvalue weighted by molar-refractivity contribution is 0.0435. The highest BCUT2D eigenvalue weighted by Gasteiger charge is 2.46. The van der Waals surface area contributed by atoms with Crippen molar-refractivity contribution in [3.05, 3.63) is 65.2 Å². The topological polar surface area (TPSA) is 35.6 Å². The smallest absolute Gasteiger partial charge is 0.321 e. The van der Waals surface area contributed by atoms with Gasteiger partial charge < -0.3 is 10.2 Å². The minimum absolute atomic E-state index is 0.00189. The van der Waals surface area contributed by atoms with Crippen LogP contribution < -0.4 is 5.32 Å². The number of benzene rings is 2. The first-order valence-electron chi connectivity index (χ1n) is 8.28. The summed E-state index contributed by atoms with van der Waals surface area (Å²) < 4.78 is 0. The Balaban J connectivity index is 1.33. The van der Waals surface area contributed by atoms with Gasteiger partial charge in [0, 0.05) is 48.8 Å². The number of hydrogen-bond donors (Lipinski definition) is 1. The molecule has 1 N–H and O–H groups in total. The number of likely N-dealkylation sites (tertiary alicyclic amines) is 2. The van der Waals surface area contributed by atoms with E-state index in [0.29, 0.717) is 12.0 Å². The van der Waals surface area contributed by atoms with E-state index >= 15 is 0 Å². The number of halogens is 1. The molecule has 0 saturated carbocycles. The zero-order chi connectivity index (χ0) is 16.5. The number of nitrogens with one attached hydrogen (secondary N) is 1. The van der Waals surface area contributed by atoms with Gasteiger partial charge in [0.1, 0.15) is 0 Å². The van der Waals surface area contributed by atoms with Crippen molar-refractivity contribution in [2.45, 2.75) is 12.6 Å².